The van der Waals surface area contributed by atoms with Gasteiger partial charge in [-0.2, -0.15) is 0 Å². The van der Waals surface area contributed by atoms with Gasteiger partial charge >= 0.3 is 7.82 Å². The molecule has 0 unspecified atom stereocenters. The molecule has 0 aliphatic heterocycles. The first-order valence-electron chi connectivity index (χ1n) is 6.95. The first-order valence-corrected chi connectivity index (χ1v) is 8.41. The maximum Gasteiger partial charge on any atom is 0.481 e. The zero-order chi connectivity index (χ0) is 15.1. The van der Waals surface area contributed by atoms with Gasteiger partial charge in [-0.25, -0.2) is 4.57 Å². The molecule has 0 saturated carbocycles. The maximum atomic E-state index is 12.2. The van der Waals surface area contributed by atoms with E-state index < -0.39 is 7.82 Å². The Bertz CT molecular complexity index is 212. The van der Waals surface area contributed by atoms with Crippen LogP contribution in [0.5, 0.6) is 0 Å². The van der Waals surface area contributed by atoms with Crippen LogP contribution in [0, 0.1) is 0 Å². The highest BCUT2D eigenvalue weighted by molar-refractivity contribution is 7.48. The lowest BCUT2D eigenvalue weighted by Gasteiger charge is -2.17. The Hall–Kier alpha value is -0.0100. The van der Waals surface area contributed by atoms with Gasteiger partial charge in [-0.3, -0.25) is 13.6 Å². The number of phosphoric acid groups is 1. The molecule has 0 rings (SSSR count). The molecule has 20 heavy (non-hydrogen) atoms. The summed E-state index contributed by atoms with van der Waals surface area (Å²) in [5, 5.41) is 0. The van der Waals surface area contributed by atoms with Crippen LogP contribution >= 0.6 is 7.82 Å². The van der Waals surface area contributed by atoms with Crippen molar-refractivity contribution in [2.24, 2.45) is 0 Å². The molecule has 0 heterocycles. The molecule has 7 nitrogen and oxygen atoms in total. The zero-order valence-electron chi connectivity index (χ0n) is 12.7. The quantitative estimate of drug-likeness (QED) is 0.261. The monoisotopic (exact) mass is 314 g/mol. The molecule has 0 amide bonds. The van der Waals surface area contributed by atoms with Gasteiger partial charge in [0.1, 0.15) is 0 Å². The van der Waals surface area contributed by atoms with Crippen molar-refractivity contribution < 1.29 is 32.3 Å². The first kappa shape index (κ1) is 20.0. The highest BCUT2D eigenvalue weighted by Gasteiger charge is 2.27. The summed E-state index contributed by atoms with van der Waals surface area (Å²) < 4.78 is 42.6. The van der Waals surface area contributed by atoms with E-state index >= 15 is 0 Å². The molecule has 0 radical (unpaired) electrons. The molecule has 0 aliphatic carbocycles. The molecule has 0 fully saturated rings. The van der Waals surface area contributed by atoms with Gasteiger partial charge in [0, 0.05) is 19.8 Å². The summed E-state index contributed by atoms with van der Waals surface area (Å²) in [6, 6.07) is 0. The summed E-state index contributed by atoms with van der Waals surface area (Å²) in [6.07, 6.45) is 2.53. The minimum Gasteiger partial charge on any atom is -0.355 e. The van der Waals surface area contributed by atoms with E-state index in [9.17, 15) is 4.57 Å². The Balaban J connectivity index is 4.02. The number of phosphoric ester groups is 1. The van der Waals surface area contributed by atoms with Gasteiger partial charge in [0.15, 0.2) is 20.4 Å². The Labute approximate surface area is 121 Å². The van der Waals surface area contributed by atoms with Crippen molar-refractivity contribution in [1.82, 2.24) is 0 Å². The third kappa shape index (κ3) is 11.8. The van der Waals surface area contributed by atoms with Crippen molar-refractivity contribution in [3.63, 3.8) is 0 Å². The van der Waals surface area contributed by atoms with Gasteiger partial charge in [-0.1, -0.05) is 20.8 Å². The van der Waals surface area contributed by atoms with Crippen LogP contribution in [0.15, 0.2) is 0 Å². The molecule has 0 aromatic heterocycles. The molecule has 0 aromatic rings. The summed E-state index contributed by atoms with van der Waals surface area (Å²) in [5.41, 5.74) is 0. The molecule has 0 atom stereocenters. The molecule has 8 heteroatoms. The lowest BCUT2D eigenvalue weighted by atomic mass is 10.5. The van der Waals surface area contributed by atoms with Gasteiger partial charge in [-0.15, -0.1) is 0 Å². The molecule has 0 aliphatic rings. The van der Waals surface area contributed by atoms with Crippen molar-refractivity contribution in [3.05, 3.63) is 0 Å². The van der Waals surface area contributed by atoms with E-state index in [2.05, 4.69) is 0 Å². The van der Waals surface area contributed by atoms with Crippen LogP contribution in [0.25, 0.3) is 0 Å². The van der Waals surface area contributed by atoms with Crippen LogP contribution in [0.2, 0.25) is 0 Å². The summed E-state index contributed by atoms with van der Waals surface area (Å²) in [7, 11) is -3.71. The van der Waals surface area contributed by atoms with Crippen LogP contribution in [0.4, 0.5) is 0 Å². The highest BCUT2D eigenvalue weighted by Crippen LogP contribution is 2.49. The predicted octanol–water partition coefficient (Wildman–Crippen LogP) is 3.30. The van der Waals surface area contributed by atoms with E-state index in [0.29, 0.717) is 19.8 Å². The van der Waals surface area contributed by atoms with Gasteiger partial charge < -0.3 is 14.2 Å². The third-order valence-electron chi connectivity index (χ3n) is 1.93. The zero-order valence-corrected chi connectivity index (χ0v) is 13.6. The van der Waals surface area contributed by atoms with Crippen LogP contribution in [-0.4, -0.2) is 40.2 Å². The maximum absolute atomic E-state index is 12.2. The van der Waals surface area contributed by atoms with E-state index in [1.165, 1.54) is 0 Å². The van der Waals surface area contributed by atoms with Crippen LogP contribution < -0.4 is 0 Å². The molecule has 0 saturated heterocycles. The molecular weight excluding hydrogens is 287 g/mol. The second-order valence-electron chi connectivity index (χ2n) is 3.91. The molecule has 0 N–H and O–H groups in total. The van der Waals surface area contributed by atoms with Crippen LogP contribution in [-0.2, 0) is 32.3 Å². The molecule has 0 spiro atoms. The van der Waals surface area contributed by atoms with Crippen LogP contribution in [0.3, 0.4) is 0 Å². The van der Waals surface area contributed by atoms with Crippen molar-refractivity contribution in [1.29, 1.82) is 0 Å². The summed E-state index contributed by atoms with van der Waals surface area (Å²) in [4.78, 5) is 0. The fourth-order valence-electron chi connectivity index (χ4n) is 1.03. The van der Waals surface area contributed by atoms with E-state index in [1.807, 2.05) is 20.8 Å². The second kappa shape index (κ2) is 13.9. The van der Waals surface area contributed by atoms with E-state index in [4.69, 9.17) is 27.8 Å². The minimum atomic E-state index is -3.71. The molecule has 0 bridgehead atoms. The predicted molar refractivity (Wildman–Crippen MR) is 74.2 cm³/mol. The van der Waals surface area contributed by atoms with Crippen LogP contribution in [0.1, 0.15) is 40.0 Å². The van der Waals surface area contributed by atoms with Crippen molar-refractivity contribution in [2.75, 3.05) is 40.2 Å². The Morgan fingerprint density at radius 1 is 0.650 bits per heavy atom. The number of hydrogen-bond acceptors (Lipinski definition) is 7. The second-order valence-corrected chi connectivity index (χ2v) is 5.58. The van der Waals surface area contributed by atoms with Gasteiger partial charge in [0.05, 0.1) is 0 Å². The number of hydrogen-bond donors (Lipinski definition) is 0. The summed E-state index contributed by atoms with van der Waals surface area (Å²) in [6.45, 7) is 6.94. The Morgan fingerprint density at radius 2 is 0.950 bits per heavy atom. The third-order valence-corrected chi connectivity index (χ3v) is 3.19. The molecular formula is C12H27O7P. The lowest BCUT2D eigenvalue weighted by molar-refractivity contribution is -0.0702. The van der Waals surface area contributed by atoms with Crippen molar-refractivity contribution >= 4 is 7.82 Å². The Morgan fingerprint density at radius 3 is 1.20 bits per heavy atom. The van der Waals surface area contributed by atoms with Gasteiger partial charge in [-0.05, 0) is 19.3 Å². The van der Waals surface area contributed by atoms with E-state index in [1.54, 1.807) is 0 Å². The standard InChI is InChI=1S/C12H27O7P/c1-4-7-14-10-17-20(13,18-11-15-8-5-2)19-12-16-9-6-3/h4-12H2,1-3H3. The van der Waals surface area contributed by atoms with Crippen molar-refractivity contribution in [2.45, 2.75) is 40.0 Å². The van der Waals surface area contributed by atoms with E-state index in [0.717, 1.165) is 19.3 Å². The van der Waals surface area contributed by atoms with Gasteiger partial charge in [0.25, 0.3) is 0 Å². The fraction of sp³-hybridized carbons (Fsp3) is 1.00. The van der Waals surface area contributed by atoms with E-state index in [-0.39, 0.29) is 20.4 Å². The smallest absolute Gasteiger partial charge is 0.355 e. The minimum absolute atomic E-state index is 0.160. The highest BCUT2D eigenvalue weighted by atomic mass is 31.2. The number of ether oxygens (including phenoxy) is 3. The Kier molecular flexibility index (Phi) is 13.9. The fourth-order valence-corrected chi connectivity index (χ4v) is 1.86. The summed E-state index contributed by atoms with van der Waals surface area (Å²) >= 11 is 0. The largest absolute Gasteiger partial charge is 0.481 e. The lowest BCUT2D eigenvalue weighted by Crippen LogP contribution is -2.09. The molecule has 0 aromatic carbocycles. The topological polar surface area (TPSA) is 72.5 Å². The van der Waals surface area contributed by atoms with Crippen molar-refractivity contribution in [3.8, 4) is 0 Å². The summed E-state index contributed by atoms with van der Waals surface area (Å²) in [5.74, 6) is 0. The normalized spacial score (nSPS) is 11.9. The average Bonchev–Trinajstić information content (AvgIpc) is 2.45. The first-order chi connectivity index (χ1) is 9.68. The SMILES string of the molecule is CCCOCOP(=O)(OCOCCC)OCOCCC. The van der Waals surface area contributed by atoms with Gasteiger partial charge in [0.2, 0.25) is 0 Å². The molecule has 122 valence electrons. The average molecular weight is 314 g/mol. The number of rotatable bonds is 15.